The van der Waals surface area contributed by atoms with Gasteiger partial charge in [0.15, 0.2) is 11.5 Å². The van der Waals surface area contributed by atoms with Gasteiger partial charge in [-0.2, -0.15) is 5.10 Å². The van der Waals surface area contributed by atoms with Crippen LogP contribution in [0.5, 0.6) is 11.5 Å². The number of rotatable bonds is 6. The lowest BCUT2D eigenvalue weighted by molar-refractivity contribution is 0.159. The summed E-state index contributed by atoms with van der Waals surface area (Å²) in [6.07, 6.45) is 1.85. The van der Waals surface area contributed by atoms with Crippen molar-refractivity contribution in [2.45, 2.75) is 6.61 Å². The van der Waals surface area contributed by atoms with Gasteiger partial charge in [0.05, 0.1) is 13.3 Å². The molecular weight excluding hydrogens is 385 g/mol. The van der Waals surface area contributed by atoms with Gasteiger partial charge in [0.1, 0.15) is 6.61 Å². The topological polar surface area (TPSA) is 37.3 Å². The molecule has 5 nitrogen and oxygen atoms in total. The molecule has 1 heterocycles. The fourth-order valence-corrected chi connectivity index (χ4v) is 3.20. The minimum atomic E-state index is 0.334. The summed E-state index contributed by atoms with van der Waals surface area (Å²) in [5, 5.41) is 7.83. The van der Waals surface area contributed by atoms with E-state index in [4.69, 9.17) is 32.7 Å². The van der Waals surface area contributed by atoms with Crippen LogP contribution in [-0.4, -0.2) is 56.5 Å². The highest BCUT2D eigenvalue weighted by molar-refractivity contribution is 6.35. The molecule has 3 rings (SSSR count). The first-order valence-electron chi connectivity index (χ1n) is 8.77. The molecular formula is C20H23Cl2N3O2. The standard InChI is InChI=1S/C20H23Cl2N3O2/c1-24-7-9-25(10-8-24)23-13-15-3-6-19(20(11-15)26-2)27-14-16-4-5-17(21)12-18(16)22/h3-6,11-13H,7-10,14H2,1-2H3/b23-13-. The molecule has 1 fully saturated rings. The maximum absolute atomic E-state index is 6.20. The molecule has 0 spiro atoms. The Morgan fingerprint density at radius 2 is 1.81 bits per heavy atom. The summed E-state index contributed by atoms with van der Waals surface area (Å²) in [5.41, 5.74) is 1.83. The number of hydrogen-bond donors (Lipinski definition) is 0. The summed E-state index contributed by atoms with van der Waals surface area (Å²) < 4.78 is 11.4. The van der Waals surface area contributed by atoms with Crippen molar-refractivity contribution >= 4 is 29.4 Å². The maximum atomic E-state index is 6.20. The maximum Gasteiger partial charge on any atom is 0.161 e. The highest BCUT2D eigenvalue weighted by Gasteiger charge is 2.11. The summed E-state index contributed by atoms with van der Waals surface area (Å²) in [4.78, 5) is 2.30. The first kappa shape index (κ1) is 19.8. The van der Waals surface area contributed by atoms with E-state index in [1.807, 2.05) is 30.5 Å². The van der Waals surface area contributed by atoms with Gasteiger partial charge in [-0.05, 0) is 42.9 Å². The van der Waals surface area contributed by atoms with Crippen LogP contribution in [0.1, 0.15) is 11.1 Å². The van der Waals surface area contributed by atoms with E-state index < -0.39 is 0 Å². The third kappa shape index (κ3) is 5.51. The Kier molecular flexibility index (Phi) is 6.83. The van der Waals surface area contributed by atoms with Crippen molar-refractivity contribution in [3.8, 4) is 11.5 Å². The van der Waals surface area contributed by atoms with Gasteiger partial charge in [0.2, 0.25) is 0 Å². The number of benzene rings is 2. The quantitative estimate of drug-likeness (QED) is 0.673. The molecule has 0 amide bonds. The molecule has 1 aliphatic heterocycles. The van der Waals surface area contributed by atoms with Gasteiger partial charge in [-0.1, -0.05) is 29.3 Å². The summed E-state index contributed by atoms with van der Waals surface area (Å²) in [5.74, 6) is 1.31. The fourth-order valence-electron chi connectivity index (χ4n) is 2.74. The van der Waals surface area contributed by atoms with E-state index in [0.29, 0.717) is 28.2 Å². The van der Waals surface area contributed by atoms with Crippen molar-refractivity contribution < 1.29 is 9.47 Å². The van der Waals surface area contributed by atoms with Crippen molar-refractivity contribution in [1.82, 2.24) is 9.91 Å². The van der Waals surface area contributed by atoms with E-state index in [2.05, 4.69) is 22.1 Å². The Balaban J connectivity index is 1.65. The van der Waals surface area contributed by atoms with Crippen molar-refractivity contribution in [2.75, 3.05) is 40.3 Å². The minimum absolute atomic E-state index is 0.334. The highest BCUT2D eigenvalue weighted by atomic mass is 35.5. The third-order valence-corrected chi connectivity index (χ3v) is 5.02. The van der Waals surface area contributed by atoms with Crippen LogP contribution >= 0.6 is 23.2 Å². The monoisotopic (exact) mass is 407 g/mol. The zero-order valence-corrected chi connectivity index (χ0v) is 17.0. The van der Waals surface area contributed by atoms with E-state index in [1.165, 1.54) is 0 Å². The first-order valence-corrected chi connectivity index (χ1v) is 9.53. The molecule has 0 aromatic heterocycles. The molecule has 2 aromatic rings. The smallest absolute Gasteiger partial charge is 0.161 e. The van der Waals surface area contributed by atoms with Crippen LogP contribution in [0, 0.1) is 0 Å². The van der Waals surface area contributed by atoms with E-state index >= 15 is 0 Å². The van der Waals surface area contributed by atoms with Gasteiger partial charge in [-0.3, -0.25) is 5.01 Å². The van der Waals surface area contributed by atoms with Gasteiger partial charge in [-0.15, -0.1) is 0 Å². The summed E-state index contributed by atoms with van der Waals surface area (Å²) in [7, 11) is 3.75. The lowest BCUT2D eigenvalue weighted by Gasteiger charge is -2.30. The van der Waals surface area contributed by atoms with E-state index in [0.717, 1.165) is 37.3 Å². The molecule has 0 unspecified atom stereocenters. The average Bonchev–Trinajstić information content (AvgIpc) is 2.67. The second-order valence-corrected chi connectivity index (χ2v) is 7.28. The number of likely N-dealkylation sites (N-methyl/N-ethyl adjacent to an activating group) is 1. The molecule has 0 radical (unpaired) electrons. The number of piperazine rings is 1. The lowest BCUT2D eigenvalue weighted by Crippen LogP contribution is -2.41. The number of hydrogen-bond acceptors (Lipinski definition) is 5. The summed E-state index contributed by atoms with van der Waals surface area (Å²) in [6.45, 7) is 4.27. The number of ether oxygens (including phenoxy) is 2. The molecule has 27 heavy (non-hydrogen) atoms. The molecule has 1 saturated heterocycles. The predicted molar refractivity (Wildman–Crippen MR) is 110 cm³/mol. The second-order valence-electron chi connectivity index (χ2n) is 6.44. The van der Waals surface area contributed by atoms with Crippen molar-refractivity contribution in [1.29, 1.82) is 0 Å². The molecule has 2 aromatic carbocycles. The number of halogens is 2. The number of hydrazone groups is 1. The molecule has 7 heteroatoms. The Labute approximate surface area is 170 Å². The summed E-state index contributed by atoms with van der Waals surface area (Å²) in [6, 6.07) is 11.1. The van der Waals surface area contributed by atoms with Crippen LogP contribution < -0.4 is 9.47 Å². The summed E-state index contributed by atoms with van der Waals surface area (Å²) >= 11 is 12.1. The molecule has 1 aliphatic rings. The van der Waals surface area contributed by atoms with E-state index in [1.54, 1.807) is 19.2 Å². The fraction of sp³-hybridized carbons (Fsp3) is 0.350. The first-order chi connectivity index (χ1) is 13.0. The number of methoxy groups -OCH3 is 1. The van der Waals surface area contributed by atoms with Gasteiger partial charge in [0, 0.05) is 41.8 Å². The van der Waals surface area contributed by atoms with Gasteiger partial charge < -0.3 is 14.4 Å². The molecule has 0 bridgehead atoms. The van der Waals surface area contributed by atoms with Crippen molar-refractivity contribution in [3.05, 3.63) is 57.6 Å². The van der Waals surface area contributed by atoms with Gasteiger partial charge >= 0.3 is 0 Å². The van der Waals surface area contributed by atoms with Crippen LogP contribution in [-0.2, 0) is 6.61 Å². The lowest BCUT2D eigenvalue weighted by atomic mass is 10.2. The van der Waals surface area contributed by atoms with E-state index in [9.17, 15) is 0 Å². The largest absolute Gasteiger partial charge is 0.493 e. The van der Waals surface area contributed by atoms with Gasteiger partial charge in [-0.25, -0.2) is 0 Å². The Hall–Kier alpha value is -1.95. The van der Waals surface area contributed by atoms with Crippen LogP contribution in [0.2, 0.25) is 10.0 Å². The zero-order valence-electron chi connectivity index (χ0n) is 15.5. The second kappa shape index (κ2) is 9.31. The molecule has 0 atom stereocenters. The van der Waals surface area contributed by atoms with Crippen molar-refractivity contribution in [2.24, 2.45) is 5.10 Å². The van der Waals surface area contributed by atoms with E-state index in [-0.39, 0.29) is 0 Å². The zero-order chi connectivity index (χ0) is 19.2. The predicted octanol–water partition coefficient (Wildman–Crippen LogP) is 4.16. The third-order valence-electron chi connectivity index (χ3n) is 4.44. The Bertz CT molecular complexity index is 806. The molecule has 0 N–H and O–H groups in total. The van der Waals surface area contributed by atoms with Gasteiger partial charge in [0.25, 0.3) is 0 Å². The minimum Gasteiger partial charge on any atom is -0.493 e. The van der Waals surface area contributed by atoms with Crippen molar-refractivity contribution in [3.63, 3.8) is 0 Å². The molecule has 0 saturated carbocycles. The molecule has 144 valence electrons. The van der Waals surface area contributed by atoms with Crippen LogP contribution in [0.4, 0.5) is 0 Å². The number of nitrogens with zero attached hydrogens (tertiary/aromatic N) is 3. The normalized spacial score (nSPS) is 15.3. The SMILES string of the molecule is COc1cc(/C=N\N2CCN(C)CC2)ccc1OCc1ccc(Cl)cc1Cl. The Morgan fingerprint density at radius 1 is 1.04 bits per heavy atom. The van der Waals surface area contributed by atoms with Crippen LogP contribution in [0.15, 0.2) is 41.5 Å². The highest BCUT2D eigenvalue weighted by Crippen LogP contribution is 2.29. The molecule has 0 aliphatic carbocycles. The Morgan fingerprint density at radius 3 is 2.52 bits per heavy atom. The average molecular weight is 408 g/mol. The van der Waals surface area contributed by atoms with Crippen LogP contribution in [0.3, 0.4) is 0 Å². The van der Waals surface area contributed by atoms with Crippen LogP contribution in [0.25, 0.3) is 0 Å².